The Bertz CT molecular complexity index is 804. The van der Waals surface area contributed by atoms with Crippen molar-refractivity contribution in [3.8, 4) is 0 Å². The SMILES string of the molecule is Cc1ccc(CN=C2NC(=O)C(CC(=O)NCc3ccccc3)S2)cc1. The number of rotatable bonds is 6. The van der Waals surface area contributed by atoms with Gasteiger partial charge in [-0.15, -0.1) is 0 Å². The number of nitrogens with zero attached hydrogens (tertiary/aromatic N) is 1. The van der Waals surface area contributed by atoms with Crippen molar-refractivity contribution in [3.63, 3.8) is 0 Å². The lowest BCUT2D eigenvalue weighted by atomic mass is 10.1. The van der Waals surface area contributed by atoms with Gasteiger partial charge in [-0.3, -0.25) is 14.6 Å². The largest absolute Gasteiger partial charge is 0.352 e. The third-order valence-corrected chi connectivity index (χ3v) is 5.13. The zero-order valence-electron chi connectivity index (χ0n) is 14.6. The first-order valence-corrected chi connectivity index (χ1v) is 9.36. The number of amidine groups is 1. The predicted octanol–water partition coefficient (Wildman–Crippen LogP) is 2.79. The molecule has 0 aliphatic carbocycles. The maximum Gasteiger partial charge on any atom is 0.240 e. The van der Waals surface area contributed by atoms with Crippen LogP contribution in [0.1, 0.15) is 23.1 Å². The summed E-state index contributed by atoms with van der Waals surface area (Å²) in [6.45, 7) is 3.01. The van der Waals surface area contributed by atoms with E-state index in [0.717, 1.165) is 11.1 Å². The van der Waals surface area contributed by atoms with Crippen LogP contribution in [0.5, 0.6) is 0 Å². The Balaban J connectivity index is 1.48. The fraction of sp³-hybridized carbons (Fsp3) is 0.250. The Morgan fingerprint density at radius 1 is 1.12 bits per heavy atom. The summed E-state index contributed by atoms with van der Waals surface area (Å²) in [5.41, 5.74) is 3.32. The van der Waals surface area contributed by atoms with E-state index in [9.17, 15) is 9.59 Å². The zero-order chi connectivity index (χ0) is 18.4. The van der Waals surface area contributed by atoms with E-state index in [2.05, 4.69) is 15.6 Å². The number of carbonyl (C=O) groups is 2. The third-order valence-electron chi connectivity index (χ3n) is 4.01. The quantitative estimate of drug-likeness (QED) is 0.825. The van der Waals surface area contributed by atoms with Crippen molar-refractivity contribution in [2.45, 2.75) is 31.7 Å². The minimum atomic E-state index is -0.428. The van der Waals surface area contributed by atoms with Crippen molar-refractivity contribution in [2.24, 2.45) is 4.99 Å². The highest BCUT2D eigenvalue weighted by molar-refractivity contribution is 8.15. The minimum Gasteiger partial charge on any atom is -0.352 e. The van der Waals surface area contributed by atoms with Crippen LogP contribution in [-0.4, -0.2) is 22.2 Å². The summed E-state index contributed by atoms with van der Waals surface area (Å²) < 4.78 is 0. The van der Waals surface area contributed by atoms with Gasteiger partial charge in [0, 0.05) is 13.0 Å². The Morgan fingerprint density at radius 3 is 2.58 bits per heavy atom. The standard InChI is InChI=1S/C20H21N3O2S/c1-14-7-9-16(10-8-14)13-22-20-23-19(25)17(26-20)11-18(24)21-12-15-5-3-2-4-6-15/h2-10,17H,11-13H2,1H3,(H,21,24)(H,22,23,25). The third kappa shape index (κ3) is 5.20. The van der Waals surface area contributed by atoms with Gasteiger partial charge in [-0.25, -0.2) is 0 Å². The maximum absolute atomic E-state index is 12.1. The summed E-state index contributed by atoms with van der Waals surface area (Å²) in [4.78, 5) is 28.6. The molecule has 0 bridgehead atoms. The van der Waals surface area contributed by atoms with Gasteiger partial charge >= 0.3 is 0 Å². The van der Waals surface area contributed by atoms with Crippen LogP contribution in [-0.2, 0) is 22.7 Å². The first-order chi connectivity index (χ1) is 12.6. The Kier molecular flexibility index (Phi) is 6.07. The van der Waals surface area contributed by atoms with Crippen molar-refractivity contribution in [2.75, 3.05) is 0 Å². The summed E-state index contributed by atoms with van der Waals surface area (Å²) >= 11 is 1.32. The summed E-state index contributed by atoms with van der Waals surface area (Å²) in [6.07, 6.45) is 0.146. The van der Waals surface area contributed by atoms with Gasteiger partial charge in [0.1, 0.15) is 5.25 Å². The van der Waals surface area contributed by atoms with Crippen LogP contribution in [0, 0.1) is 6.92 Å². The van der Waals surface area contributed by atoms with E-state index >= 15 is 0 Å². The number of thioether (sulfide) groups is 1. The van der Waals surface area contributed by atoms with Gasteiger partial charge in [0.2, 0.25) is 11.8 Å². The number of benzene rings is 2. The molecule has 0 aromatic heterocycles. The van der Waals surface area contributed by atoms with Gasteiger partial charge in [-0.2, -0.15) is 0 Å². The van der Waals surface area contributed by atoms with Crippen molar-refractivity contribution in [1.82, 2.24) is 10.6 Å². The van der Waals surface area contributed by atoms with Gasteiger partial charge < -0.3 is 10.6 Å². The Morgan fingerprint density at radius 2 is 1.85 bits per heavy atom. The molecule has 5 nitrogen and oxygen atoms in total. The predicted molar refractivity (Wildman–Crippen MR) is 105 cm³/mol. The monoisotopic (exact) mass is 367 g/mol. The normalized spacial score (nSPS) is 18.0. The Hall–Kier alpha value is -2.60. The minimum absolute atomic E-state index is 0.138. The van der Waals surface area contributed by atoms with Crippen molar-refractivity contribution >= 4 is 28.7 Å². The van der Waals surface area contributed by atoms with Crippen LogP contribution in [0.4, 0.5) is 0 Å². The molecule has 3 rings (SSSR count). The Labute approximate surface area is 157 Å². The number of carbonyl (C=O) groups excluding carboxylic acids is 2. The lowest BCUT2D eigenvalue weighted by Gasteiger charge is -2.07. The van der Waals surface area contributed by atoms with E-state index in [1.54, 1.807) is 0 Å². The van der Waals surface area contributed by atoms with Crippen LogP contribution >= 0.6 is 11.8 Å². The van der Waals surface area contributed by atoms with Crippen molar-refractivity contribution in [3.05, 3.63) is 71.3 Å². The molecule has 1 aliphatic heterocycles. The topological polar surface area (TPSA) is 70.6 Å². The number of amides is 2. The molecule has 0 radical (unpaired) electrons. The molecule has 1 atom stereocenters. The zero-order valence-corrected chi connectivity index (χ0v) is 15.4. The second-order valence-corrected chi connectivity index (χ2v) is 7.36. The highest BCUT2D eigenvalue weighted by Crippen LogP contribution is 2.23. The fourth-order valence-corrected chi connectivity index (χ4v) is 3.48. The highest BCUT2D eigenvalue weighted by Gasteiger charge is 2.31. The van der Waals surface area contributed by atoms with Crippen molar-refractivity contribution in [1.29, 1.82) is 0 Å². The van der Waals surface area contributed by atoms with Gasteiger partial charge in [0.05, 0.1) is 6.54 Å². The van der Waals surface area contributed by atoms with Crippen LogP contribution in [0.25, 0.3) is 0 Å². The molecule has 1 saturated heterocycles. The molecule has 1 fully saturated rings. The molecular formula is C20H21N3O2S. The lowest BCUT2D eigenvalue weighted by molar-refractivity contribution is -0.125. The van der Waals surface area contributed by atoms with Crippen LogP contribution in [0.2, 0.25) is 0 Å². The number of aliphatic imine (C=N–C) groups is 1. The molecule has 26 heavy (non-hydrogen) atoms. The maximum atomic E-state index is 12.1. The van der Waals surface area contributed by atoms with Crippen LogP contribution < -0.4 is 10.6 Å². The molecule has 2 amide bonds. The van der Waals surface area contributed by atoms with E-state index in [-0.39, 0.29) is 18.2 Å². The average molecular weight is 367 g/mol. The molecule has 2 N–H and O–H groups in total. The second-order valence-electron chi connectivity index (χ2n) is 6.17. The highest BCUT2D eigenvalue weighted by atomic mass is 32.2. The molecular weight excluding hydrogens is 346 g/mol. The molecule has 134 valence electrons. The molecule has 2 aromatic rings. The second kappa shape index (κ2) is 8.67. The summed E-state index contributed by atoms with van der Waals surface area (Å²) in [5, 5.41) is 5.76. The number of nitrogens with one attached hydrogen (secondary N) is 2. The first-order valence-electron chi connectivity index (χ1n) is 8.48. The van der Waals surface area contributed by atoms with Crippen LogP contribution in [0.15, 0.2) is 59.6 Å². The first kappa shape index (κ1) is 18.2. The average Bonchev–Trinajstić information content (AvgIpc) is 3.00. The number of hydrogen-bond donors (Lipinski definition) is 2. The summed E-state index contributed by atoms with van der Waals surface area (Å²) in [5.74, 6) is -0.297. The van der Waals surface area contributed by atoms with E-state index in [0.29, 0.717) is 18.3 Å². The summed E-state index contributed by atoms with van der Waals surface area (Å²) in [6, 6.07) is 17.8. The van der Waals surface area contributed by atoms with E-state index in [1.165, 1.54) is 17.3 Å². The van der Waals surface area contributed by atoms with E-state index in [4.69, 9.17) is 0 Å². The van der Waals surface area contributed by atoms with Gasteiger partial charge in [-0.1, -0.05) is 71.9 Å². The van der Waals surface area contributed by atoms with Gasteiger partial charge in [-0.05, 0) is 18.1 Å². The fourth-order valence-electron chi connectivity index (χ4n) is 2.51. The lowest BCUT2D eigenvalue weighted by Crippen LogP contribution is -2.31. The number of hydrogen-bond acceptors (Lipinski definition) is 4. The van der Waals surface area contributed by atoms with E-state index in [1.807, 2.05) is 61.5 Å². The molecule has 1 aliphatic rings. The molecule has 6 heteroatoms. The smallest absolute Gasteiger partial charge is 0.240 e. The molecule has 2 aromatic carbocycles. The molecule has 1 unspecified atom stereocenters. The van der Waals surface area contributed by atoms with Crippen molar-refractivity contribution < 1.29 is 9.59 Å². The van der Waals surface area contributed by atoms with E-state index < -0.39 is 5.25 Å². The van der Waals surface area contributed by atoms with Gasteiger partial charge in [0.15, 0.2) is 5.17 Å². The van der Waals surface area contributed by atoms with Crippen LogP contribution in [0.3, 0.4) is 0 Å². The number of aryl methyl sites for hydroxylation is 1. The molecule has 0 spiro atoms. The molecule has 1 heterocycles. The van der Waals surface area contributed by atoms with Gasteiger partial charge in [0.25, 0.3) is 0 Å². The summed E-state index contributed by atoms with van der Waals surface area (Å²) in [7, 11) is 0. The molecule has 0 saturated carbocycles.